The Kier molecular flexibility index (Phi) is 6.25. The number of aliphatic hydroxyl groups is 1. The van der Waals surface area contributed by atoms with E-state index in [1.807, 2.05) is 0 Å². The van der Waals surface area contributed by atoms with Gasteiger partial charge >= 0.3 is 0 Å². The first-order chi connectivity index (χ1) is 14.5. The van der Waals surface area contributed by atoms with Crippen molar-refractivity contribution < 1.29 is 14.7 Å². The largest absolute Gasteiger partial charge is 0.393 e. The summed E-state index contributed by atoms with van der Waals surface area (Å²) >= 11 is 0. The van der Waals surface area contributed by atoms with E-state index >= 15 is 0 Å². The first kappa shape index (κ1) is 23.5. The quantitative estimate of drug-likeness (QED) is 0.576. The molecule has 0 aromatic carbocycles. The van der Waals surface area contributed by atoms with Crippen LogP contribution >= 0.6 is 0 Å². The Morgan fingerprint density at radius 3 is 2.32 bits per heavy atom. The van der Waals surface area contributed by atoms with Gasteiger partial charge in [-0.2, -0.15) is 0 Å². The Balaban J connectivity index is 1.62. The second-order valence-electron chi connectivity index (χ2n) is 12.6. The summed E-state index contributed by atoms with van der Waals surface area (Å²) in [4.78, 5) is 25.9. The Labute approximate surface area is 190 Å². The van der Waals surface area contributed by atoms with E-state index in [0.717, 1.165) is 32.1 Å². The number of hydrogen-bond donors (Lipinski definition) is 1. The molecule has 4 unspecified atom stereocenters. The third kappa shape index (κ3) is 3.56. The number of hydrogen-bond acceptors (Lipinski definition) is 3. The molecule has 4 fully saturated rings. The molecule has 0 spiro atoms. The standard InChI is InChI=1S/C28H46O3/c1-7-20-24-15-19(30)10-12-28(24,6)23-11-13-27(5)21(17(3)14-16(2)18(4)29)8-9-22(27)25(23)26(20)31/h16-17,19-25,30H,7-15H2,1-6H3/t16-,17+,19+,20+,21+,22?,23?,24?,25?,27+,28+/m0/s1. The summed E-state index contributed by atoms with van der Waals surface area (Å²) in [6.07, 6.45) is 9.33. The van der Waals surface area contributed by atoms with Crippen molar-refractivity contribution in [1.82, 2.24) is 0 Å². The zero-order valence-electron chi connectivity index (χ0n) is 20.8. The smallest absolute Gasteiger partial charge is 0.139 e. The number of ketones is 2. The van der Waals surface area contributed by atoms with Gasteiger partial charge in [0.05, 0.1) is 6.10 Å². The van der Waals surface area contributed by atoms with Gasteiger partial charge in [-0.05, 0) is 105 Å². The van der Waals surface area contributed by atoms with Gasteiger partial charge in [0.25, 0.3) is 0 Å². The van der Waals surface area contributed by atoms with E-state index in [4.69, 9.17) is 0 Å². The number of carbonyl (C=O) groups is 2. The molecular formula is C28H46O3. The van der Waals surface area contributed by atoms with Gasteiger partial charge in [-0.1, -0.05) is 34.6 Å². The molecule has 11 atom stereocenters. The molecule has 0 saturated heterocycles. The molecule has 0 amide bonds. The Bertz CT molecular complexity index is 715. The van der Waals surface area contributed by atoms with Gasteiger partial charge in [-0.25, -0.2) is 0 Å². The number of carbonyl (C=O) groups excluding carboxylic acids is 2. The summed E-state index contributed by atoms with van der Waals surface area (Å²) in [6, 6.07) is 0. The maximum atomic E-state index is 14.0. The fourth-order valence-electron chi connectivity index (χ4n) is 9.50. The topological polar surface area (TPSA) is 54.4 Å². The molecule has 4 aliphatic carbocycles. The highest BCUT2D eigenvalue weighted by Gasteiger charge is 2.65. The fraction of sp³-hybridized carbons (Fsp3) is 0.929. The van der Waals surface area contributed by atoms with Gasteiger partial charge in [0.1, 0.15) is 11.6 Å². The average molecular weight is 431 g/mol. The van der Waals surface area contributed by atoms with E-state index in [2.05, 4.69) is 34.6 Å². The van der Waals surface area contributed by atoms with Crippen molar-refractivity contribution in [3.05, 3.63) is 0 Å². The van der Waals surface area contributed by atoms with E-state index in [1.165, 1.54) is 25.7 Å². The molecule has 176 valence electrons. The van der Waals surface area contributed by atoms with Crippen LogP contribution in [0.15, 0.2) is 0 Å². The first-order valence-electron chi connectivity index (χ1n) is 13.3. The number of Topliss-reactive ketones (excluding diaryl/α,β-unsaturated/α-hetero) is 2. The highest BCUT2D eigenvalue weighted by Crippen LogP contribution is 2.68. The van der Waals surface area contributed by atoms with Crippen molar-refractivity contribution in [2.24, 2.45) is 58.2 Å². The first-order valence-corrected chi connectivity index (χ1v) is 13.3. The molecule has 0 bridgehead atoms. The highest BCUT2D eigenvalue weighted by atomic mass is 16.3. The van der Waals surface area contributed by atoms with E-state index in [1.54, 1.807) is 6.92 Å². The lowest BCUT2D eigenvalue weighted by atomic mass is 9.42. The number of aliphatic hydroxyl groups excluding tert-OH is 1. The maximum Gasteiger partial charge on any atom is 0.139 e. The minimum atomic E-state index is -0.217. The summed E-state index contributed by atoms with van der Waals surface area (Å²) in [6.45, 7) is 13.3. The van der Waals surface area contributed by atoms with Gasteiger partial charge < -0.3 is 5.11 Å². The molecule has 0 radical (unpaired) electrons. The Morgan fingerprint density at radius 2 is 1.68 bits per heavy atom. The lowest BCUT2D eigenvalue weighted by Crippen LogP contribution is -2.60. The van der Waals surface area contributed by atoms with Crippen LogP contribution in [0.25, 0.3) is 0 Å². The third-order valence-electron chi connectivity index (χ3n) is 11.3. The van der Waals surface area contributed by atoms with Gasteiger partial charge in [0.15, 0.2) is 0 Å². The minimum Gasteiger partial charge on any atom is -0.393 e. The van der Waals surface area contributed by atoms with Crippen molar-refractivity contribution in [2.75, 3.05) is 0 Å². The zero-order valence-corrected chi connectivity index (χ0v) is 20.8. The van der Waals surface area contributed by atoms with Crippen molar-refractivity contribution in [3.8, 4) is 0 Å². The van der Waals surface area contributed by atoms with Gasteiger partial charge in [-0.3, -0.25) is 9.59 Å². The summed E-state index contributed by atoms with van der Waals surface area (Å²) in [5.41, 5.74) is 0.453. The average Bonchev–Trinajstić information content (AvgIpc) is 3.06. The van der Waals surface area contributed by atoms with Crippen molar-refractivity contribution in [1.29, 1.82) is 0 Å². The third-order valence-corrected chi connectivity index (χ3v) is 11.3. The lowest BCUT2D eigenvalue weighted by molar-refractivity contribution is -0.173. The molecule has 1 N–H and O–H groups in total. The van der Waals surface area contributed by atoms with Gasteiger partial charge in [-0.15, -0.1) is 0 Å². The van der Waals surface area contributed by atoms with Crippen LogP contribution in [0.1, 0.15) is 99.3 Å². The molecule has 4 rings (SSSR count). The van der Waals surface area contributed by atoms with Crippen LogP contribution in [0.5, 0.6) is 0 Å². The molecule has 0 aromatic heterocycles. The monoisotopic (exact) mass is 430 g/mol. The van der Waals surface area contributed by atoms with Crippen molar-refractivity contribution >= 4 is 11.6 Å². The molecule has 3 heteroatoms. The number of rotatable bonds is 5. The SMILES string of the molecule is CC[C@H]1C(=O)C2C(CC[C@@]3(C)C2CC[C@@H]3[C@H](C)C[C@H](C)C(C)=O)[C@@]2(C)CC[C@@H](O)CC12. The van der Waals surface area contributed by atoms with Crippen LogP contribution in [-0.4, -0.2) is 22.8 Å². The molecule has 4 saturated carbocycles. The summed E-state index contributed by atoms with van der Waals surface area (Å²) in [7, 11) is 0. The lowest BCUT2D eigenvalue weighted by Gasteiger charge is -2.62. The maximum absolute atomic E-state index is 14.0. The molecule has 4 aliphatic rings. The van der Waals surface area contributed by atoms with Crippen LogP contribution < -0.4 is 0 Å². The summed E-state index contributed by atoms with van der Waals surface area (Å²) in [5.74, 6) is 3.91. The van der Waals surface area contributed by atoms with Crippen molar-refractivity contribution in [2.45, 2.75) is 105 Å². The fourth-order valence-corrected chi connectivity index (χ4v) is 9.50. The number of fused-ring (bicyclic) bond motifs is 5. The highest BCUT2D eigenvalue weighted by molar-refractivity contribution is 5.86. The van der Waals surface area contributed by atoms with Crippen LogP contribution in [0, 0.1) is 58.2 Å². The Morgan fingerprint density at radius 1 is 1.03 bits per heavy atom. The Hall–Kier alpha value is -0.700. The second kappa shape index (κ2) is 8.26. The van der Waals surface area contributed by atoms with Crippen LogP contribution in [-0.2, 0) is 9.59 Å². The van der Waals surface area contributed by atoms with E-state index in [9.17, 15) is 14.7 Å². The summed E-state index contributed by atoms with van der Waals surface area (Å²) < 4.78 is 0. The predicted octanol–water partition coefficient (Wildman–Crippen LogP) is 6.07. The van der Waals surface area contributed by atoms with Gasteiger partial charge in [0.2, 0.25) is 0 Å². The minimum absolute atomic E-state index is 0.137. The normalized spacial score (nSPS) is 49.0. The molecule has 0 heterocycles. The second-order valence-corrected chi connectivity index (χ2v) is 12.6. The van der Waals surface area contributed by atoms with E-state index in [-0.39, 0.29) is 34.7 Å². The van der Waals surface area contributed by atoms with Crippen molar-refractivity contribution in [3.63, 3.8) is 0 Å². The predicted molar refractivity (Wildman–Crippen MR) is 124 cm³/mol. The molecule has 3 nitrogen and oxygen atoms in total. The molecular weight excluding hydrogens is 384 g/mol. The van der Waals surface area contributed by atoms with Crippen LogP contribution in [0.2, 0.25) is 0 Å². The molecule has 31 heavy (non-hydrogen) atoms. The molecule has 0 aromatic rings. The van der Waals surface area contributed by atoms with Crippen LogP contribution in [0.3, 0.4) is 0 Å². The molecule has 0 aliphatic heterocycles. The van der Waals surface area contributed by atoms with Crippen LogP contribution in [0.4, 0.5) is 0 Å². The summed E-state index contributed by atoms with van der Waals surface area (Å²) in [5, 5.41) is 10.4. The zero-order chi connectivity index (χ0) is 22.7. The van der Waals surface area contributed by atoms with E-state index in [0.29, 0.717) is 41.2 Å². The van der Waals surface area contributed by atoms with E-state index < -0.39 is 0 Å². The van der Waals surface area contributed by atoms with Gasteiger partial charge in [0, 0.05) is 17.8 Å².